The highest BCUT2D eigenvalue weighted by molar-refractivity contribution is 5.69. The zero-order valence-electron chi connectivity index (χ0n) is 34.8. The Morgan fingerprint density at radius 2 is 0.808 bits per heavy atom. The predicted octanol–water partition coefficient (Wildman–Crippen LogP) is 13.7. The van der Waals surface area contributed by atoms with Crippen LogP contribution in [0.1, 0.15) is 247 Å². The summed E-state index contributed by atoms with van der Waals surface area (Å²) in [4.78, 5) is 27.3. The van der Waals surface area contributed by atoms with Crippen LogP contribution in [-0.2, 0) is 19.1 Å². The minimum absolute atomic E-state index is 0. The molecule has 0 aliphatic carbocycles. The summed E-state index contributed by atoms with van der Waals surface area (Å²) in [6.07, 6.45) is 38.3. The van der Waals surface area contributed by atoms with Crippen molar-refractivity contribution < 1.29 is 24.2 Å². The van der Waals surface area contributed by atoms with E-state index in [2.05, 4.69) is 25.7 Å². The molecule has 1 unspecified atom stereocenters. The second-order valence-corrected chi connectivity index (χ2v) is 15.7. The summed E-state index contributed by atoms with van der Waals surface area (Å²) >= 11 is 0. The quantitative estimate of drug-likeness (QED) is 0.0497. The van der Waals surface area contributed by atoms with Gasteiger partial charge in [-0.2, -0.15) is 0 Å². The molecular formula is C46H93NO5. The summed E-state index contributed by atoms with van der Waals surface area (Å²) in [6.45, 7) is 11.8. The van der Waals surface area contributed by atoms with E-state index < -0.39 is 0 Å². The van der Waals surface area contributed by atoms with E-state index in [0.717, 1.165) is 96.7 Å². The second kappa shape index (κ2) is 42.6. The summed E-state index contributed by atoms with van der Waals surface area (Å²) in [5.41, 5.74) is 0. The Labute approximate surface area is 325 Å². The van der Waals surface area contributed by atoms with Gasteiger partial charge in [-0.25, -0.2) is 0 Å². The Morgan fingerprint density at radius 3 is 1.23 bits per heavy atom. The topological polar surface area (TPSA) is 76.1 Å². The Balaban J connectivity index is 0. The van der Waals surface area contributed by atoms with E-state index in [1.165, 1.54) is 122 Å². The number of hydrogen-bond donors (Lipinski definition) is 1. The maximum atomic E-state index is 12.7. The van der Waals surface area contributed by atoms with Crippen molar-refractivity contribution in [2.45, 2.75) is 259 Å². The van der Waals surface area contributed by atoms with Gasteiger partial charge in [-0.15, -0.1) is 0 Å². The van der Waals surface area contributed by atoms with Gasteiger partial charge < -0.3 is 19.5 Å². The summed E-state index contributed by atoms with van der Waals surface area (Å²) in [6, 6.07) is 0. The van der Waals surface area contributed by atoms with Crippen LogP contribution in [0.2, 0.25) is 0 Å². The van der Waals surface area contributed by atoms with Gasteiger partial charge in [0.1, 0.15) is 6.10 Å². The molecular weight excluding hydrogens is 647 g/mol. The van der Waals surface area contributed by atoms with E-state index in [1.807, 2.05) is 6.92 Å². The number of rotatable bonds is 41. The molecule has 312 valence electrons. The molecule has 52 heavy (non-hydrogen) atoms. The lowest BCUT2D eigenvalue weighted by molar-refractivity contribution is -0.150. The predicted molar refractivity (Wildman–Crippen MR) is 225 cm³/mol. The highest BCUT2D eigenvalue weighted by atomic mass is 16.5. The number of nitrogens with zero attached hydrogens (tertiary/aromatic N) is 1. The molecule has 0 radical (unpaired) electrons. The van der Waals surface area contributed by atoms with Gasteiger partial charge in [0.05, 0.1) is 12.7 Å². The van der Waals surface area contributed by atoms with Crippen LogP contribution >= 0.6 is 0 Å². The summed E-state index contributed by atoms with van der Waals surface area (Å²) in [5.74, 6) is -0.0202. The normalized spacial score (nSPS) is 12.0. The van der Waals surface area contributed by atoms with Crippen molar-refractivity contribution in [3.8, 4) is 0 Å². The van der Waals surface area contributed by atoms with Crippen molar-refractivity contribution in [3.63, 3.8) is 0 Å². The van der Waals surface area contributed by atoms with Crippen LogP contribution in [0.4, 0.5) is 0 Å². The first-order valence-electron chi connectivity index (χ1n) is 22.7. The van der Waals surface area contributed by atoms with Crippen molar-refractivity contribution in [2.24, 2.45) is 0 Å². The molecule has 6 nitrogen and oxygen atoms in total. The number of aliphatic hydroxyl groups excluding tert-OH is 1. The van der Waals surface area contributed by atoms with Crippen molar-refractivity contribution in [1.82, 2.24) is 4.90 Å². The van der Waals surface area contributed by atoms with E-state index in [9.17, 15) is 14.7 Å². The molecule has 0 saturated carbocycles. The maximum absolute atomic E-state index is 12.7. The average Bonchev–Trinajstić information content (AvgIpc) is 3.11. The van der Waals surface area contributed by atoms with Crippen LogP contribution < -0.4 is 0 Å². The molecule has 0 rings (SSSR count). The van der Waals surface area contributed by atoms with Crippen LogP contribution in [0.25, 0.3) is 0 Å². The monoisotopic (exact) mass is 740 g/mol. The maximum Gasteiger partial charge on any atom is 0.306 e. The first-order chi connectivity index (χ1) is 25.0. The first kappa shape index (κ1) is 53.0. The number of aliphatic hydroxyl groups is 1. The molecule has 0 bridgehead atoms. The molecule has 6 heteroatoms. The van der Waals surface area contributed by atoms with E-state index in [0.29, 0.717) is 12.8 Å². The largest absolute Gasteiger partial charge is 0.463 e. The number of esters is 2. The van der Waals surface area contributed by atoms with Gasteiger partial charge >= 0.3 is 11.9 Å². The Hall–Kier alpha value is -1.14. The zero-order valence-corrected chi connectivity index (χ0v) is 34.8. The molecule has 0 aliphatic heterocycles. The third-order valence-electron chi connectivity index (χ3n) is 10.5. The third-order valence-corrected chi connectivity index (χ3v) is 10.5. The lowest BCUT2D eigenvalue weighted by Gasteiger charge is -2.21. The van der Waals surface area contributed by atoms with Crippen LogP contribution in [0.15, 0.2) is 0 Å². The van der Waals surface area contributed by atoms with E-state index in [4.69, 9.17) is 9.47 Å². The highest BCUT2D eigenvalue weighted by Crippen LogP contribution is 2.19. The molecule has 0 spiro atoms. The van der Waals surface area contributed by atoms with Crippen molar-refractivity contribution in [2.75, 3.05) is 26.2 Å². The molecule has 0 saturated heterocycles. The SMILES string of the molecule is C.CCCCCCCCC(C)OC(=O)CCCCCCCN(CCO)CCCCCCCC(=O)OC(CCCCCCCC)CCCCCCCC. The number of ether oxygens (including phenoxy) is 2. The minimum Gasteiger partial charge on any atom is -0.463 e. The van der Waals surface area contributed by atoms with Crippen LogP contribution in [0, 0.1) is 0 Å². The van der Waals surface area contributed by atoms with Gasteiger partial charge in [-0.05, 0) is 84.2 Å². The number of carbonyl (C=O) groups excluding carboxylic acids is 2. The Morgan fingerprint density at radius 1 is 0.462 bits per heavy atom. The van der Waals surface area contributed by atoms with Gasteiger partial charge in [-0.1, -0.05) is 163 Å². The molecule has 0 aromatic rings. The first-order valence-corrected chi connectivity index (χ1v) is 22.7. The molecule has 0 aliphatic rings. The summed E-state index contributed by atoms with van der Waals surface area (Å²) in [5, 5.41) is 9.56. The van der Waals surface area contributed by atoms with Gasteiger partial charge in [0, 0.05) is 19.4 Å². The molecule has 0 aromatic carbocycles. The molecule has 0 fully saturated rings. The second-order valence-electron chi connectivity index (χ2n) is 15.7. The smallest absolute Gasteiger partial charge is 0.306 e. The molecule has 1 N–H and O–H groups in total. The van der Waals surface area contributed by atoms with E-state index in [1.54, 1.807) is 0 Å². The standard InChI is InChI=1S/C45H89NO5.CH4/c1-5-8-11-14-19-26-33-42(4)50-44(48)36-29-22-17-24-31-38-46(40-41-47)39-32-25-18-23-30-37-45(49)51-43(34-27-20-15-12-9-6-2)35-28-21-16-13-10-7-3;/h42-43,47H,5-41H2,1-4H3;1H4. The van der Waals surface area contributed by atoms with E-state index >= 15 is 0 Å². The number of hydrogen-bond acceptors (Lipinski definition) is 6. The lowest BCUT2D eigenvalue weighted by Crippen LogP contribution is -2.29. The van der Waals surface area contributed by atoms with Crippen LogP contribution in [0.5, 0.6) is 0 Å². The number of carbonyl (C=O) groups is 2. The zero-order chi connectivity index (χ0) is 37.5. The summed E-state index contributed by atoms with van der Waals surface area (Å²) < 4.78 is 11.6. The molecule has 0 heterocycles. The highest BCUT2D eigenvalue weighted by Gasteiger charge is 2.14. The Kier molecular flexibility index (Phi) is 43.4. The third kappa shape index (κ3) is 38.6. The fourth-order valence-corrected chi connectivity index (χ4v) is 7.11. The van der Waals surface area contributed by atoms with Crippen molar-refractivity contribution >= 4 is 11.9 Å². The summed E-state index contributed by atoms with van der Waals surface area (Å²) in [7, 11) is 0. The van der Waals surface area contributed by atoms with Gasteiger partial charge in [0.15, 0.2) is 0 Å². The minimum atomic E-state index is -0.0335. The number of unbranched alkanes of at least 4 members (excludes halogenated alkanes) is 23. The van der Waals surface area contributed by atoms with Crippen molar-refractivity contribution in [1.29, 1.82) is 0 Å². The molecule has 0 aromatic heterocycles. The fourth-order valence-electron chi connectivity index (χ4n) is 7.11. The average molecular weight is 740 g/mol. The lowest BCUT2D eigenvalue weighted by atomic mass is 10.0. The molecule has 1 atom stereocenters. The van der Waals surface area contributed by atoms with Gasteiger partial charge in [0.2, 0.25) is 0 Å². The van der Waals surface area contributed by atoms with Gasteiger partial charge in [0.25, 0.3) is 0 Å². The fraction of sp³-hybridized carbons (Fsp3) is 0.957. The molecule has 0 amide bonds. The Bertz CT molecular complexity index is 716. The van der Waals surface area contributed by atoms with Crippen LogP contribution in [-0.4, -0.2) is 60.4 Å². The van der Waals surface area contributed by atoms with E-state index in [-0.39, 0.29) is 38.2 Å². The van der Waals surface area contributed by atoms with Crippen LogP contribution in [0.3, 0.4) is 0 Å². The van der Waals surface area contributed by atoms with Crippen molar-refractivity contribution in [3.05, 3.63) is 0 Å². The van der Waals surface area contributed by atoms with Gasteiger partial charge in [-0.3, -0.25) is 9.59 Å².